The number of nitrogens with one attached hydrogen (secondary N) is 1. The smallest absolute Gasteiger partial charge is 0.243 e. The first-order valence-electron chi connectivity index (χ1n) is 5.08. The average Bonchev–Trinajstić information content (AvgIpc) is 2.25. The van der Waals surface area contributed by atoms with E-state index in [-0.39, 0.29) is 26.6 Å². The Morgan fingerprint density at radius 2 is 1.84 bits per heavy atom. The summed E-state index contributed by atoms with van der Waals surface area (Å²) >= 11 is 17.4. The highest BCUT2D eigenvalue weighted by Gasteiger charge is 2.25. The number of hydrogen-bond acceptors (Lipinski definition) is 4. The van der Waals surface area contributed by atoms with E-state index in [0.717, 1.165) is 0 Å². The van der Waals surface area contributed by atoms with Crippen LogP contribution in [0, 0.1) is 0 Å². The number of ether oxygens (including phenoxy) is 1. The van der Waals surface area contributed by atoms with Crippen molar-refractivity contribution in [1.29, 1.82) is 0 Å². The second-order valence-corrected chi connectivity index (χ2v) is 6.56. The van der Waals surface area contributed by atoms with Crippen molar-refractivity contribution in [3.8, 4) is 0 Å². The summed E-state index contributed by atoms with van der Waals surface area (Å²) in [5, 5.41) is 9.09. The van der Waals surface area contributed by atoms with E-state index >= 15 is 0 Å². The largest absolute Gasteiger partial charge is 0.395 e. The molecule has 1 aromatic carbocycles. The topological polar surface area (TPSA) is 75.6 Å². The Bertz CT molecular complexity index is 527. The Labute approximate surface area is 126 Å². The predicted molar refractivity (Wildman–Crippen MR) is 74.5 cm³/mol. The first-order chi connectivity index (χ1) is 8.81. The molecule has 0 radical (unpaired) electrons. The van der Waals surface area contributed by atoms with Gasteiger partial charge in [-0.3, -0.25) is 0 Å². The zero-order valence-electron chi connectivity index (χ0n) is 9.86. The molecule has 0 bridgehead atoms. The summed E-state index contributed by atoms with van der Waals surface area (Å²) in [5.74, 6) is 0. The molecule has 0 amide bonds. The molecule has 2 N–H and O–H groups in total. The number of benzene rings is 1. The van der Waals surface area contributed by atoms with Crippen molar-refractivity contribution >= 4 is 44.8 Å². The van der Waals surface area contributed by atoms with Crippen LogP contribution in [-0.2, 0) is 14.8 Å². The Balaban J connectivity index is 3.14. The van der Waals surface area contributed by atoms with E-state index in [1.54, 1.807) is 0 Å². The summed E-state index contributed by atoms with van der Waals surface area (Å²) < 4.78 is 31.3. The number of hydrogen-bond donors (Lipinski definition) is 2. The van der Waals surface area contributed by atoms with Gasteiger partial charge in [-0.25, -0.2) is 13.1 Å². The van der Waals surface area contributed by atoms with Crippen molar-refractivity contribution in [2.75, 3.05) is 20.3 Å². The van der Waals surface area contributed by atoms with Crippen molar-refractivity contribution < 1.29 is 18.3 Å². The quantitative estimate of drug-likeness (QED) is 0.824. The molecule has 1 unspecified atom stereocenters. The van der Waals surface area contributed by atoms with Crippen LogP contribution in [0.3, 0.4) is 0 Å². The van der Waals surface area contributed by atoms with Crippen molar-refractivity contribution in [3.63, 3.8) is 0 Å². The molecule has 0 saturated heterocycles. The molecule has 5 nitrogen and oxygen atoms in total. The highest BCUT2D eigenvalue weighted by atomic mass is 35.5. The van der Waals surface area contributed by atoms with Gasteiger partial charge in [0.25, 0.3) is 0 Å². The zero-order valence-corrected chi connectivity index (χ0v) is 12.9. The van der Waals surface area contributed by atoms with Crippen molar-refractivity contribution in [2.24, 2.45) is 0 Å². The molecule has 0 aliphatic heterocycles. The molecule has 108 valence electrons. The molecule has 0 heterocycles. The van der Waals surface area contributed by atoms with Gasteiger partial charge in [0.05, 0.1) is 29.3 Å². The van der Waals surface area contributed by atoms with Gasteiger partial charge in [-0.15, -0.1) is 0 Å². The fraction of sp³-hybridized carbons (Fsp3) is 0.400. The van der Waals surface area contributed by atoms with Gasteiger partial charge in [0.2, 0.25) is 10.0 Å². The monoisotopic (exact) mass is 347 g/mol. The summed E-state index contributed by atoms with van der Waals surface area (Å²) in [5.41, 5.74) is 0. The maximum atomic E-state index is 12.1. The van der Waals surface area contributed by atoms with E-state index in [2.05, 4.69) is 4.72 Å². The minimum Gasteiger partial charge on any atom is -0.395 e. The SMILES string of the molecule is COCC(CO)NS(=O)(=O)c1c(Cl)cc(Cl)cc1Cl. The Morgan fingerprint density at radius 1 is 1.32 bits per heavy atom. The summed E-state index contributed by atoms with van der Waals surface area (Å²) in [4.78, 5) is -0.283. The van der Waals surface area contributed by atoms with E-state index in [9.17, 15) is 8.42 Å². The normalized spacial score (nSPS) is 13.5. The highest BCUT2D eigenvalue weighted by Crippen LogP contribution is 2.32. The van der Waals surface area contributed by atoms with Crippen molar-refractivity contribution in [2.45, 2.75) is 10.9 Å². The molecule has 0 fully saturated rings. The Kier molecular flexibility index (Phi) is 6.32. The fourth-order valence-electron chi connectivity index (χ4n) is 1.39. The number of rotatable bonds is 6. The third kappa shape index (κ3) is 4.46. The lowest BCUT2D eigenvalue weighted by Crippen LogP contribution is -2.40. The summed E-state index contributed by atoms with van der Waals surface area (Å²) in [6.45, 7) is -0.408. The van der Waals surface area contributed by atoms with Crippen LogP contribution < -0.4 is 4.72 Å². The van der Waals surface area contributed by atoms with Gasteiger partial charge in [-0.05, 0) is 12.1 Å². The molecule has 0 aliphatic rings. The Morgan fingerprint density at radius 3 is 2.26 bits per heavy atom. The second-order valence-electron chi connectivity index (χ2n) is 3.65. The standard InChI is InChI=1S/C10H12Cl3NO4S/c1-18-5-7(4-15)14-19(16,17)10-8(12)2-6(11)3-9(10)13/h2-3,7,14-15H,4-5H2,1H3. The lowest BCUT2D eigenvalue weighted by atomic mass is 10.4. The lowest BCUT2D eigenvalue weighted by molar-refractivity contribution is 0.139. The zero-order chi connectivity index (χ0) is 14.6. The van der Waals surface area contributed by atoms with Crippen LogP contribution >= 0.6 is 34.8 Å². The van der Waals surface area contributed by atoms with Gasteiger partial charge in [-0.1, -0.05) is 34.8 Å². The molecular weight excluding hydrogens is 337 g/mol. The van der Waals surface area contributed by atoms with Gasteiger partial charge in [0.1, 0.15) is 4.90 Å². The van der Waals surface area contributed by atoms with E-state index in [1.807, 2.05) is 0 Å². The average molecular weight is 349 g/mol. The van der Waals surface area contributed by atoms with E-state index in [1.165, 1.54) is 19.2 Å². The van der Waals surface area contributed by atoms with Crippen LogP contribution in [-0.4, -0.2) is 39.9 Å². The number of halogens is 3. The first-order valence-corrected chi connectivity index (χ1v) is 7.70. The molecule has 1 aromatic rings. The number of aliphatic hydroxyl groups is 1. The van der Waals surface area contributed by atoms with E-state index in [4.69, 9.17) is 44.6 Å². The van der Waals surface area contributed by atoms with Gasteiger partial charge in [0, 0.05) is 12.1 Å². The molecular formula is C10H12Cl3NO4S. The van der Waals surface area contributed by atoms with Crippen molar-refractivity contribution in [1.82, 2.24) is 4.72 Å². The molecule has 0 saturated carbocycles. The van der Waals surface area contributed by atoms with Gasteiger partial charge < -0.3 is 9.84 Å². The summed E-state index contributed by atoms with van der Waals surface area (Å²) in [6.07, 6.45) is 0. The van der Waals surface area contributed by atoms with E-state index < -0.39 is 22.7 Å². The van der Waals surface area contributed by atoms with Crippen LogP contribution in [0.2, 0.25) is 15.1 Å². The number of methoxy groups -OCH3 is 1. The highest BCUT2D eigenvalue weighted by molar-refractivity contribution is 7.89. The molecule has 9 heteroatoms. The van der Waals surface area contributed by atoms with Gasteiger partial charge in [0.15, 0.2) is 0 Å². The van der Waals surface area contributed by atoms with Crippen LogP contribution in [0.15, 0.2) is 17.0 Å². The molecule has 0 aromatic heterocycles. The minimum atomic E-state index is -3.98. The van der Waals surface area contributed by atoms with Gasteiger partial charge in [-0.2, -0.15) is 0 Å². The van der Waals surface area contributed by atoms with Crippen LogP contribution in [0.25, 0.3) is 0 Å². The Hall–Kier alpha value is -0.0800. The molecule has 0 spiro atoms. The lowest BCUT2D eigenvalue weighted by Gasteiger charge is -2.17. The van der Waals surface area contributed by atoms with Crippen LogP contribution in [0.5, 0.6) is 0 Å². The maximum absolute atomic E-state index is 12.1. The summed E-state index contributed by atoms with van der Waals surface area (Å²) in [6, 6.07) is 1.75. The number of sulfonamides is 1. The number of aliphatic hydroxyl groups excluding tert-OH is 1. The fourth-order valence-corrected chi connectivity index (χ4v) is 4.15. The molecule has 19 heavy (non-hydrogen) atoms. The third-order valence-electron chi connectivity index (χ3n) is 2.14. The minimum absolute atomic E-state index is 0.0125. The predicted octanol–water partition coefficient (Wildman–Crippen LogP) is 1.93. The molecule has 0 aliphatic carbocycles. The first kappa shape index (κ1) is 17.0. The van der Waals surface area contributed by atoms with Crippen molar-refractivity contribution in [3.05, 3.63) is 27.2 Å². The maximum Gasteiger partial charge on any atom is 0.243 e. The summed E-state index contributed by atoms with van der Waals surface area (Å²) in [7, 11) is -2.60. The third-order valence-corrected chi connectivity index (χ3v) is 4.80. The van der Waals surface area contributed by atoms with Gasteiger partial charge >= 0.3 is 0 Å². The molecule has 1 rings (SSSR count). The second kappa shape index (κ2) is 7.08. The van der Waals surface area contributed by atoms with E-state index in [0.29, 0.717) is 0 Å². The van der Waals surface area contributed by atoms with Crippen LogP contribution in [0.1, 0.15) is 0 Å². The van der Waals surface area contributed by atoms with Crippen LogP contribution in [0.4, 0.5) is 0 Å². The molecule has 1 atom stereocenters.